The number of hydrazine groups is 1. The Morgan fingerprint density at radius 3 is 2.56 bits per heavy atom. The predicted octanol–water partition coefficient (Wildman–Crippen LogP) is 2.01. The summed E-state index contributed by atoms with van der Waals surface area (Å²) in [6.07, 6.45) is 3.35. The van der Waals surface area contributed by atoms with Gasteiger partial charge in [-0.1, -0.05) is 0 Å². The summed E-state index contributed by atoms with van der Waals surface area (Å²) >= 11 is 1.67. The molecule has 2 aromatic heterocycles. The van der Waals surface area contributed by atoms with Crippen LogP contribution in [0.15, 0.2) is 12.5 Å². The van der Waals surface area contributed by atoms with Gasteiger partial charge in [0.15, 0.2) is 0 Å². The average Bonchev–Trinajstić information content (AvgIpc) is 2.78. The Bertz CT molecular complexity index is 538. The van der Waals surface area contributed by atoms with Crippen molar-refractivity contribution >= 4 is 23.0 Å². The number of anilines is 2. The molecule has 0 aliphatic rings. The number of nitrogen functional groups attached to an aromatic ring is 1. The second-order valence-corrected chi connectivity index (χ2v) is 5.28. The summed E-state index contributed by atoms with van der Waals surface area (Å²) in [5.41, 5.74) is 3.44. The first-order valence-electron chi connectivity index (χ1n) is 5.59. The van der Waals surface area contributed by atoms with Crippen molar-refractivity contribution in [1.82, 2.24) is 15.0 Å². The number of aryl methyl sites for hydroxylation is 1. The van der Waals surface area contributed by atoms with E-state index in [0.29, 0.717) is 5.82 Å². The monoisotopic (exact) mass is 264 g/mol. The standard InChI is InChI=1S/C11H16N6S/c1-6-4-13-11(18-6)8(3)16-9-7(2)10(17-12)15-5-14-9/h4-5,8H,12H2,1-3H3,(H2,14,15,16,17). The van der Waals surface area contributed by atoms with Gasteiger partial charge in [0.1, 0.15) is 23.0 Å². The van der Waals surface area contributed by atoms with Crippen LogP contribution in [0.25, 0.3) is 0 Å². The van der Waals surface area contributed by atoms with E-state index in [1.165, 1.54) is 11.2 Å². The maximum Gasteiger partial charge on any atom is 0.148 e. The molecule has 0 aliphatic heterocycles. The molecule has 0 spiro atoms. The second kappa shape index (κ2) is 5.28. The van der Waals surface area contributed by atoms with Crippen LogP contribution in [0.4, 0.5) is 11.6 Å². The summed E-state index contributed by atoms with van der Waals surface area (Å²) in [5.74, 6) is 6.77. The molecular formula is C11H16N6S. The molecule has 2 rings (SSSR count). The number of nitrogens with two attached hydrogens (primary N) is 1. The number of hydrogen-bond donors (Lipinski definition) is 3. The van der Waals surface area contributed by atoms with E-state index in [4.69, 9.17) is 5.84 Å². The summed E-state index contributed by atoms with van der Waals surface area (Å²) in [5, 5.41) is 4.35. The van der Waals surface area contributed by atoms with Crippen LogP contribution in [-0.4, -0.2) is 15.0 Å². The van der Waals surface area contributed by atoms with Crippen molar-refractivity contribution < 1.29 is 0 Å². The summed E-state index contributed by atoms with van der Waals surface area (Å²) < 4.78 is 0. The van der Waals surface area contributed by atoms with Crippen LogP contribution in [0.2, 0.25) is 0 Å². The lowest BCUT2D eigenvalue weighted by Gasteiger charge is -2.15. The highest BCUT2D eigenvalue weighted by atomic mass is 32.1. The van der Waals surface area contributed by atoms with Crippen LogP contribution in [0.5, 0.6) is 0 Å². The van der Waals surface area contributed by atoms with Crippen molar-refractivity contribution in [2.24, 2.45) is 5.84 Å². The van der Waals surface area contributed by atoms with Gasteiger partial charge in [-0.3, -0.25) is 0 Å². The highest BCUT2D eigenvalue weighted by Crippen LogP contribution is 2.25. The molecular weight excluding hydrogens is 248 g/mol. The van der Waals surface area contributed by atoms with E-state index >= 15 is 0 Å². The molecule has 0 amide bonds. The lowest BCUT2D eigenvalue weighted by Crippen LogP contribution is -2.14. The molecule has 4 N–H and O–H groups in total. The van der Waals surface area contributed by atoms with Crippen molar-refractivity contribution in [3.05, 3.63) is 28.0 Å². The third-order valence-electron chi connectivity index (χ3n) is 2.58. The van der Waals surface area contributed by atoms with Crippen molar-refractivity contribution in [2.75, 3.05) is 10.7 Å². The number of rotatable bonds is 4. The molecule has 0 saturated carbocycles. The first-order chi connectivity index (χ1) is 8.61. The summed E-state index contributed by atoms with van der Waals surface area (Å²) in [6, 6.07) is 0.0999. The van der Waals surface area contributed by atoms with Crippen molar-refractivity contribution in [3.8, 4) is 0 Å². The maximum atomic E-state index is 5.39. The molecule has 0 fully saturated rings. The Hall–Kier alpha value is -1.73. The van der Waals surface area contributed by atoms with Crippen molar-refractivity contribution in [1.29, 1.82) is 0 Å². The zero-order valence-electron chi connectivity index (χ0n) is 10.6. The molecule has 1 unspecified atom stereocenters. The van der Waals surface area contributed by atoms with Crippen LogP contribution < -0.4 is 16.6 Å². The van der Waals surface area contributed by atoms with Crippen LogP contribution in [0.3, 0.4) is 0 Å². The highest BCUT2D eigenvalue weighted by molar-refractivity contribution is 7.11. The van der Waals surface area contributed by atoms with Crippen molar-refractivity contribution in [3.63, 3.8) is 0 Å². The number of thiazole rings is 1. The van der Waals surface area contributed by atoms with Crippen LogP contribution in [-0.2, 0) is 0 Å². The average molecular weight is 264 g/mol. The summed E-state index contributed by atoms with van der Waals surface area (Å²) in [4.78, 5) is 13.8. The molecule has 1 atom stereocenters. The summed E-state index contributed by atoms with van der Waals surface area (Å²) in [6.45, 7) is 6.01. The molecule has 7 heteroatoms. The largest absolute Gasteiger partial charge is 0.361 e. The zero-order chi connectivity index (χ0) is 13.1. The lowest BCUT2D eigenvalue weighted by atomic mass is 10.3. The van der Waals surface area contributed by atoms with Gasteiger partial charge in [-0.05, 0) is 20.8 Å². The molecule has 2 aromatic rings. The van der Waals surface area contributed by atoms with Crippen molar-refractivity contribution in [2.45, 2.75) is 26.8 Å². The minimum Gasteiger partial charge on any atom is -0.361 e. The molecule has 0 aromatic carbocycles. The molecule has 18 heavy (non-hydrogen) atoms. The van der Waals surface area contributed by atoms with Gasteiger partial charge in [0.2, 0.25) is 0 Å². The van der Waals surface area contributed by atoms with E-state index in [-0.39, 0.29) is 6.04 Å². The first-order valence-corrected chi connectivity index (χ1v) is 6.40. The van der Waals surface area contributed by atoms with E-state index in [9.17, 15) is 0 Å². The number of hydrogen-bond acceptors (Lipinski definition) is 7. The number of aromatic nitrogens is 3. The van der Waals surface area contributed by atoms with E-state index < -0.39 is 0 Å². The van der Waals surface area contributed by atoms with Gasteiger partial charge in [-0.25, -0.2) is 20.8 Å². The van der Waals surface area contributed by atoms with Gasteiger partial charge < -0.3 is 10.7 Å². The van der Waals surface area contributed by atoms with Gasteiger partial charge in [0.25, 0.3) is 0 Å². The summed E-state index contributed by atoms with van der Waals surface area (Å²) in [7, 11) is 0. The number of nitrogens with zero attached hydrogens (tertiary/aromatic N) is 3. The number of nitrogens with one attached hydrogen (secondary N) is 2. The Morgan fingerprint density at radius 1 is 1.22 bits per heavy atom. The highest BCUT2D eigenvalue weighted by Gasteiger charge is 2.12. The van der Waals surface area contributed by atoms with Gasteiger partial charge in [-0.15, -0.1) is 11.3 Å². The third kappa shape index (κ3) is 2.57. The molecule has 6 nitrogen and oxygen atoms in total. The Kier molecular flexibility index (Phi) is 3.73. The normalized spacial score (nSPS) is 12.2. The van der Waals surface area contributed by atoms with Gasteiger partial charge in [0, 0.05) is 16.6 Å². The molecule has 0 radical (unpaired) electrons. The minimum atomic E-state index is 0.0999. The van der Waals surface area contributed by atoms with E-state index in [1.54, 1.807) is 11.3 Å². The molecule has 96 valence electrons. The fourth-order valence-electron chi connectivity index (χ4n) is 1.58. The SMILES string of the molecule is Cc1cnc(C(C)Nc2ncnc(NN)c2C)s1. The predicted molar refractivity (Wildman–Crippen MR) is 73.5 cm³/mol. The van der Waals surface area contributed by atoms with Gasteiger partial charge in [-0.2, -0.15) is 0 Å². The first kappa shape index (κ1) is 12.7. The molecule has 0 bridgehead atoms. The smallest absolute Gasteiger partial charge is 0.148 e. The minimum absolute atomic E-state index is 0.0999. The Labute approximate surface area is 110 Å². The third-order valence-corrected chi connectivity index (χ3v) is 3.68. The molecule has 0 aliphatic carbocycles. The Balaban J connectivity index is 2.19. The fraction of sp³-hybridized carbons (Fsp3) is 0.364. The van der Waals surface area contributed by atoms with Gasteiger partial charge >= 0.3 is 0 Å². The zero-order valence-corrected chi connectivity index (χ0v) is 11.4. The fourth-order valence-corrected chi connectivity index (χ4v) is 2.36. The topological polar surface area (TPSA) is 88.8 Å². The van der Waals surface area contributed by atoms with Crippen LogP contribution >= 0.6 is 11.3 Å². The van der Waals surface area contributed by atoms with E-state index in [2.05, 4.69) is 32.6 Å². The molecule has 0 saturated heterocycles. The van der Waals surface area contributed by atoms with E-state index in [1.807, 2.05) is 20.0 Å². The van der Waals surface area contributed by atoms with Gasteiger partial charge in [0.05, 0.1) is 6.04 Å². The molecule has 2 heterocycles. The lowest BCUT2D eigenvalue weighted by molar-refractivity contribution is 0.855. The van der Waals surface area contributed by atoms with Crippen LogP contribution in [0, 0.1) is 13.8 Å². The van der Waals surface area contributed by atoms with Crippen LogP contribution in [0.1, 0.15) is 28.4 Å². The van der Waals surface area contributed by atoms with E-state index in [0.717, 1.165) is 16.4 Å². The Morgan fingerprint density at radius 2 is 1.94 bits per heavy atom. The quantitative estimate of drug-likeness (QED) is 0.578. The second-order valence-electron chi connectivity index (χ2n) is 4.02. The maximum absolute atomic E-state index is 5.39.